The van der Waals surface area contributed by atoms with Crippen molar-refractivity contribution in [1.29, 1.82) is 0 Å². The number of benzene rings is 1. The summed E-state index contributed by atoms with van der Waals surface area (Å²) >= 11 is 0. The van der Waals surface area contributed by atoms with Gasteiger partial charge < -0.3 is 5.32 Å². The van der Waals surface area contributed by atoms with Crippen LogP contribution in [0.1, 0.15) is 37.6 Å². The normalized spacial score (nSPS) is 11.8. The molecule has 19 heavy (non-hydrogen) atoms. The second kappa shape index (κ2) is 5.17. The van der Waals surface area contributed by atoms with Crippen LogP contribution in [0.15, 0.2) is 30.5 Å². The van der Waals surface area contributed by atoms with Crippen LogP contribution in [0.2, 0.25) is 0 Å². The van der Waals surface area contributed by atoms with Crippen molar-refractivity contribution in [1.82, 2.24) is 15.1 Å². The Morgan fingerprint density at radius 1 is 1.16 bits per heavy atom. The molecule has 0 radical (unpaired) electrons. The molecule has 1 aromatic heterocycles. The first-order valence-corrected chi connectivity index (χ1v) is 6.72. The van der Waals surface area contributed by atoms with Gasteiger partial charge in [0.15, 0.2) is 0 Å². The van der Waals surface area contributed by atoms with Crippen molar-refractivity contribution in [2.75, 3.05) is 0 Å². The van der Waals surface area contributed by atoms with Crippen molar-refractivity contribution in [3.05, 3.63) is 47.3 Å². The zero-order chi connectivity index (χ0) is 14.0. The molecule has 2 aromatic rings. The van der Waals surface area contributed by atoms with Gasteiger partial charge >= 0.3 is 0 Å². The van der Waals surface area contributed by atoms with Crippen LogP contribution in [0.4, 0.5) is 0 Å². The molecule has 3 heteroatoms. The van der Waals surface area contributed by atoms with E-state index in [0.29, 0.717) is 0 Å². The molecule has 2 rings (SSSR count). The minimum absolute atomic E-state index is 0.143. The standard InChI is InChI=1S/C16H23N3/c1-12-10-15(19-9-8-13(2)18-19)7-6-14(12)11-17-16(3,4)5/h6-10,17H,11H2,1-5H3. The Balaban J connectivity index is 2.18. The van der Waals surface area contributed by atoms with E-state index in [0.717, 1.165) is 17.9 Å². The second-order valence-corrected chi connectivity index (χ2v) is 6.12. The van der Waals surface area contributed by atoms with Crippen LogP contribution in [0.3, 0.4) is 0 Å². The van der Waals surface area contributed by atoms with Crippen molar-refractivity contribution in [3.8, 4) is 5.69 Å². The molecule has 0 amide bonds. The van der Waals surface area contributed by atoms with Crippen molar-refractivity contribution in [2.45, 2.75) is 46.7 Å². The van der Waals surface area contributed by atoms with Gasteiger partial charge in [0.2, 0.25) is 0 Å². The van der Waals surface area contributed by atoms with E-state index >= 15 is 0 Å². The monoisotopic (exact) mass is 257 g/mol. The van der Waals surface area contributed by atoms with E-state index in [1.807, 2.05) is 23.9 Å². The summed E-state index contributed by atoms with van der Waals surface area (Å²) in [5.41, 5.74) is 4.93. The molecule has 0 fully saturated rings. The number of aromatic nitrogens is 2. The van der Waals surface area contributed by atoms with Crippen molar-refractivity contribution in [2.24, 2.45) is 0 Å². The van der Waals surface area contributed by atoms with Gasteiger partial charge in [-0.1, -0.05) is 6.07 Å². The molecule has 0 aliphatic heterocycles. The first-order valence-electron chi connectivity index (χ1n) is 6.72. The Hall–Kier alpha value is -1.61. The highest BCUT2D eigenvalue weighted by atomic mass is 15.3. The van der Waals surface area contributed by atoms with Crippen LogP contribution < -0.4 is 5.32 Å². The lowest BCUT2D eigenvalue weighted by Gasteiger charge is -2.21. The van der Waals surface area contributed by atoms with Crippen molar-refractivity contribution >= 4 is 0 Å². The van der Waals surface area contributed by atoms with E-state index in [1.54, 1.807) is 0 Å². The van der Waals surface area contributed by atoms with Gasteiger partial charge in [0, 0.05) is 18.3 Å². The van der Waals surface area contributed by atoms with Gasteiger partial charge in [-0.25, -0.2) is 4.68 Å². The molecule has 1 heterocycles. The quantitative estimate of drug-likeness (QED) is 0.913. The molecule has 0 unspecified atom stereocenters. The minimum atomic E-state index is 0.143. The summed E-state index contributed by atoms with van der Waals surface area (Å²) in [6.45, 7) is 11.6. The maximum Gasteiger partial charge on any atom is 0.0648 e. The SMILES string of the molecule is Cc1ccn(-c2ccc(CNC(C)(C)C)c(C)c2)n1. The Kier molecular flexibility index (Phi) is 3.76. The van der Waals surface area contributed by atoms with Crippen LogP contribution in [0.25, 0.3) is 5.69 Å². The summed E-state index contributed by atoms with van der Waals surface area (Å²) in [5.74, 6) is 0. The highest BCUT2D eigenvalue weighted by molar-refractivity contribution is 5.39. The van der Waals surface area contributed by atoms with Crippen LogP contribution in [0, 0.1) is 13.8 Å². The molecule has 102 valence electrons. The first-order chi connectivity index (χ1) is 8.85. The summed E-state index contributed by atoms with van der Waals surface area (Å²) in [6.07, 6.45) is 2.00. The fraction of sp³-hybridized carbons (Fsp3) is 0.438. The van der Waals surface area contributed by atoms with Gasteiger partial charge in [-0.2, -0.15) is 5.10 Å². The third kappa shape index (κ3) is 3.67. The molecular formula is C16H23N3. The number of hydrogen-bond acceptors (Lipinski definition) is 2. The molecule has 0 aliphatic rings. The van der Waals surface area contributed by atoms with Crippen LogP contribution in [-0.4, -0.2) is 15.3 Å². The molecule has 0 spiro atoms. The van der Waals surface area contributed by atoms with Gasteiger partial charge in [-0.15, -0.1) is 0 Å². The molecule has 1 N–H and O–H groups in total. The third-order valence-corrected chi connectivity index (χ3v) is 3.12. The first kappa shape index (κ1) is 13.8. The van der Waals surface area contributed by atoms with Crippen molar-refractivity contribution < 1.29 is 0 Å². The van der Waals surface area contributed by atoms with Crippen LogP contribution >= 0.6 is 0 Å². The van der Waals surface area contributed by atoms with Gasteiger partial charge in [0.05, 0.1) is 11.4 Å². The lowest BCUT2D eigenvalue weighted by atomic mass is 10.0. The molecule has 0 atom stereocenters. The molecule has 1 aromatic carbocycles. The average molecular weight is 257 g/mol. The van der Waals surface area contributed by atoms with E-state index in [-0.39, 0.29) is 5.54 Å². The Labute approximate surface area is 115 Å². The van der Waals surface area contributed by atoms with Gasteiger partial charge in [-0.05, 0) is 63.9 Å². The average Bonchev–Trinajstić information content (AvgIpc) is 2.73. The summed E-state index contributed by atoms with van der Waals surface area (Å²) < 4.78 is 1.92. The molecule has 0 saturated heterocycles. The van der Waals surface area contributed by atoms with Gasteiger partial charge in [-0.3, -0.25) is 0 Å². The minimum Gasteiger partial charge on any atom is -0.308 e. The van der Waals surface area contributed by atoms with Crippen molar-refractivity contribution in [3.63, 3.8) is 0 Å². The topological polar surface area (TPSA) is 29.9 Å². The van der Waals surface area contributed by atoms with Crippen LogP contribution in [0.5, 0.6) is 0 Å². The highest BCUT2D eigenvalue weighted by Gasteiger charge is 2.10. The number of nitrogens with zero attached hydrogens (tertiary/aromatic N) is 2. The molecule has 3 nitrogen and oxygen atoms in total. The lowest BCUT2D eigenvalue weighted by Crippen LogP contribution is -2.35. The molecule has 0 bridgehead atoms. The summed E-state index contributed by atoms with van der Waals surface area (Å²) in [6, 6.07) is 8.51. The predicted octanol–water partition coefficient (Wildman–Crippen LogP) is 3.38. The summed E-state index contributed by atoms with van der Waals surface area (Å²) in [5, 5.41) is 7.96. The summed E-state index contributed by atoms with van der Waals surface area (Å²) in [4.78, 5) is 0. The highest BCUT2D eigenvalue weighted by Crippen LogP contribution is 2.15. The number of rotatable bonds is 3. The Morgan fingerprint density at radius 2 is 1.89 bits per heavy atom. The zero-order valence-corrected chi connectivity index (χ0v) is 12.5. The predicted molar refractivity (Wildman–Crippen MR) is 79.6 cm³/mol. The number of hydrogen-bond donors (Lipinski definition) is 1. The Morgan fingerprint density at radius 3 is 2.42 bits per heavy atom. The van der Waals surface area contributed by atoms with Gasteiger partial charge in [0.25, 0.3) is 0 Å². The van der Waals surface area contributed by atoms with E-state index < -0.39 is 0 Å². The Bertz CT molecular complexity index is 562. The van der Waals surface area contributed by atoms with Gasteiger partial charge in [0.1, 0.15) is 0 Å². The summed E-state index contributed by atoms with van der Waals surface area (Å²) in [7, 11) is 0. The maximum atomic E-state index is 4.44. The van der Waals surface area contributed by atoms with E-state index in [2.05, 4.69) is 56.3 Å². The van der Waals surface area contributed by atoms with E-state index in [1.165, 1.54) is 11.1 Å². The molecular weight excluding hydrogens is 234 g/mol. The smallest absolute Gasteiger partial charge is 0.0648 e. The maximum absolute atomic E-state index is 4.44. The molecule has 0 saturated carbocycles. The second-order valence-electron chi connectivity index (χ2n) is 6.12. The fourth-order valence-electron chi connectivity index (χ4n) is 1.94. The third-order valence-electron chi connectivity index (χ3n) is 3.12. The van der Waals surface area contributed by atoms with E-state index in [4.69, 9.17) is 0 Å². The van der Waals surface area contributed by atoms with E-state index in [9.17, 15) is 0 Å². The largest absolute Gasteiger partial charge is 0.308 e. The number of aryl methyl sites for hydroxylation is 2. The molecule has 0 aliphatic carbocycles. The zero-order valence-electron chi connectivity index (χ0n) is 12.5. The lowest BCUT2D eigenvalue weighted by molar-refractivity contribution is 0.424. The number of nitrogens with one attached hydrogen (secondary N) is 1. The van der Waals surface area contributed by atoms with Crippen LogP contribution in [-0.2, 0) is 6.54 Å². The fourth-order valence-corrected chi connectivity index (χ4v) is 1.94.